The van der Waals surface area contributed by atoms with E-state index in [1.165, 1.54) is 25.7 Å². The minimum absolute atomic E-state index is 0.371. The molecule has 0 unspecified atom stereocenters. The van der Waals surface area contributed by atoms with E-state index < -0.39 is 0 Å². The average molecular weight is 196 g/mol. The van der Waals surface area contributed by atoms with Gasteiger partial charge in [-0.05, 0) is 32.2 Å². The lowest BCUT2D eigenvalue weighted by Gasteiger charge is -2.24. The highest BCUT2D eigenvalue weighted by atomic mass is 16.2. The van der Waals surface area contributed by atoms with Gasteiger partial charge in [-0.25, -0.2) is 0 Å². The molecule has 1 N–H and O–H groups in total. The van der Waals surface area contributed by atoms with Gasteiger partial charge < -0.3 is 10.2 Å². The molecular weight excluding hydrogens is 176 g/mol. The second kappa shape index (κ2) is 4.78. The monoisotopic (exact) mass is 196 g/mol. The van der Waals surface area contributed by atoms with E-state index in [9.17, 15) is 4.79 Å². The van der Waals surface area contributed by atoms with Crippen molar-refractivity contribution in [1.82, 2.24) is 10.2 Å². The van der Waals surface area contributed by atoms with Crippen molar-refractivity contribution in [3.8, 4) is 0 Å². The third-order valence-corrected chi connectivity index (χ3v) is 3.27. The zero-order valence-corrected chi connectivity index (χ0v) is 8.80. The van der Waals surface area contributed by atoms with Gasteiger partial charge in [-0.1, -0.05) is 6.42 Å². The van der Waals surface area contributed by atoms with Gasteiger partial charge in [0.1, 0.15) is 0 Å². The van der Waals surface area contributed by atoms with Crippen molar-refractivity contribution in [3.05, 3.63) is 0 Å². The Hall–Kier alpha value is -0.570. The summed E-state index contributed by atoms with van der Waals surface area (Å²) in [6, 6.07) is 0.567. The third-order valence-electron chi connectivity index (χ3n) is 3.27. The molecule has 2 saturated heterocycles. The number of nitrogens with one attached hydrogen (secondary N) is 1. The predicted octanol–water partition coefficient (Wildman–Crippen LogP) is 1.14. The number of likely N-dealkylation sites (tertiary alicyclic amines) is 1. The quantitative estimate of drug-likeness (QED) is 0.718. The van der Waals surface area contributed by atoms with E-state index in [0.29, 0.717) is 11.9 Å². The Balaban J connectivity index is 1.84. The van der Waals surface area contributed by atoms with E-state index in [1.807, 2.05) is 0 Å². The van der Waals surface area contributed by atoms with Crippen LogP contribution in [0.4, 0.5) is 0 Å². The molecule has 0 saturated carbocycles. The van der Waals surface area contributed by atoms with Crippen molar-refractivity contribution in [2.24, 2.45) is 0 Å². The summed E-state index contributed by atoms with van der Waals surface area (Å²) in [5, 5.41) is 3.45. The van der Waals surface area contributed by atoms with Crippen LogP contribution in [0.2, 0.25) is 0 Å². The van der Waals surface area contributed by atoms with Gasteiger partial charge in [0, 0.05) is 25.6 Å². The maximum Gasteiger partial charge on any atom is 0.222 e. The fraction of sp³-hybridized carbons (Fsp3) is 0.909. The van der Waals surface area contributed by atoms with E-state index in [1.54, 1.807) is 0 Å². The molecule has 3 nitrogen and oxygen atoms in total. The van der Waals surface area contributed by atoms with Gasteiger partial charge in [0.05, 0.1) is 0 Å². The van der Waals surface area contributed by atoms with Crippen molar-refractivity contribution in [3.63, 3.8) is 0 Å². The lowest BCUT2D eigenvalue weighted by Crippen LogP contribution is -2.40. The van der Waals surface area contributed by atoms with Gasteiger partial charge in [-0.15, -0.1) is 0 Å². The highest BCUT2D eigenvalue weighted by molar-refractivity contribution is 5.76. The third kappa shape index (κ3) is 2.47. The molecule has 80 valence electrons. The summed E-state index contributed by atoms with van der Waals surface area (Å²) < 4.78 is 0. The first-order valence-electron chi connectivity index (χ1n) is 5.87. The van der Waals surface area contributed by atoms with Gasteiger partial charge in [-0.3, -0.25) is 4.79 Å². The lowest BCUT2D eigenvalue weighted by atomic mass is 10.2. The number of carbonyl (C=O) groups is 1. The SMILES string of the molecule is O=C1CCCCCN1C[C@H]1CCCN1. The minimum Gasteiger partial charge on any atom is -0.341 e. The van der Waals surface area contributed by atoms with E-state index >= 15 is 0 Å². The molecule has 2 aliphatic rings. The van der Waals surface area contributed by atoms with Crippen molar-refractivity contribution in [1.29, 1.82) is 0 Å². The van der Waals surface area contributed by atoms with Crippen molar-refractivity contribution in [2.75, 3.05) is 19.6 Å². The lowest BCUT2D eigenvalue weighted by molar-refractivity contribution is -0.131. The number of nitrogens with zero attached hydrogens (tertiary/aromatic N) is 1. The maximum absolute atomic E-state index is 11.7. The van der Waals surface area contributed by atoms with Crippen LogP contribution in [0, 0.1) is 0 Å². The second-order valence-electron chi connectivity index (χ2n) is 4.44. The van der Waals surface area contributed by atoms with Crippen LogP contribution in [-0.2, 0) is 4.79 Å². The molecular formula is C11H20N2O. The van der Waals surface area contributed by atoms with Gasteiger partial charge >= 0.3 is 0 Å². The molecule has 0 aromatic carbocycles. The number of hydrogen-bond acceptors (Lipinski definition) is 2. The largest absolute Gasteiger partial charge is 0.341 e. The zero-order chi connectivity index (χ0) is 9.80. The smallest absolute Gasteiger partial charge is 0.222 e. The van der Waals surface area contributed by atoms with Crippen LogP contribution in [0.25, 0.3) is 0 Å². The highest BCUT2D eigenvalue weighted by Crippen LogP contribution is 2.14. The molecule has 0 bridgehead atoms. The van der Waals surface area contributed by atoms with E-state index in [2.05, 4.69) is 10.2 Å². The summed E-state index contributed by atoms with van der Waals surface area (Å²) in [6.07, 6.45) is 6.79. The van der Waals surface area contributed by atoms with Crippen LogP contribution in [0.1, 0.15) is 38.5 Å². The maximum atomic E-state index is 11.7. The molecule has 1 atom stereocenters. The summed E-state index contributed by atoms with van der Waals surface area (Å²) in [5.74, 6) is 0.371. The first kappa shape index (κ1) is 9.97. The standard InChI is InChI=1S/C11H20N2O/c14-11-6-2-1-3-8-13(11)9-10-5-4-7-12-10/h10,12H,1-9H2/t10-/m1/s1. The summed E-state index contributed by atoms with van der Waals surface area (Å²) in [5.41, 5.74) is 0. The minimum atomic E-state index is 0.371. The molecule has 0 aromatic rings. The molecule has 2 heterocycles. The van der Waals surface area contributed by atoms with E-state index in [4.69, 9.17) is 0 Å². The van der Waals surface area contributed by atoms with Crippen LogP contribution in [0.3, 0.4) is 0 Å². The topological polar surface area (TPSA) is 32.3 Å². The number of hydrogen-bond donors (Lipinski definition) is 1. The molecule has 14 heavy (non-hydrogen) atoms. The van der Waals surface area contributed by atoms with E-state index in [0.717, 1.165) is 32.5 Å². The Bertz CT molecular complexity index is 199. The molecule has 2 rings (SSSR count). The van der Waals surface area contributed by atoms with Gasteiger partial charge in [0.2, 0.25) is 5.91 Å². The molecule has 2 fully saturated rings. The Morgan fingerprint density at radius 3 is 3.00 bits per heavy atom. The Labute approximate surface area is 85.8 Å². The Kier molecular flexibility index (Phi) is 3.40. The van der Waals surface area contributed by atoms with Gasteiger partial charge in [0.25, 0.3) is 0 Å². The van der Waals surface area contributed by atoms with Crippen LogP contribution in [-0.4, -0.2) is 36.5 Å². The van der Waals surface area contributed by atoms with Crippen molar-refractivity contribution < 1.29 is 4.79 Å². The van der Waals surface area contributed by atoms with Crippen LogP contribution in [0.15, 0.2) is 0 Å². The summed E-state index contributed by atoms with van der Waals surface area (Å²) in [7, 11) is 0. The molecule has 3 heteroatoms. The van der Waals surface area contributed by atoms with Gasteiger partial charge in [-0.2, -0.15) is 0 Å². The molecule has 1 amide bonds. The Morgan fingerprint density at radius 1 is 1.29 bits per heavy atom. The number of amides is 1. The fourth-order valence-electron chi connectivity index (χ4n) is 2.41. The van der Waals surface area contributed by atoms with Gasteiger partial charge in [0.15, 0.2) is 0 Å². The molecule has 2 aliphatic heterocycles. The predicted molar refractivity (Wildman–Crippen MR) is 56.1 cm³/mol. The first-order valence-corrected chi connectivity index (χ1v) is 5.87. The Morgan fingerprint density at radius 2 is 2.21 bits per heavy atom. The number of rotatable bonds is 2. The molecule has 0 spiro atoms. The summed E-state index contributed by atoms with van der Waals surface area (Å²) in [4.78, 5) is 13.8. The van der Waals surface area contributed by atoms with Crippen molar-refractivity contribution in [2.45, 2.75) is 44.6 Å². The first-order chi connectivity index (χ1) is 6.86. The van der Waals surface area contributed by atoms with E-state index in [-0.39, 0.29) is 0 Å². The number of carbonyl (C=O) groups excluding carboxylic acids is 1. The zero-order valence-electron chi connectivity index (χ0n) is 8.80. The molecule has 0 radical (unpaired) electrons. The molecule has 0 aliphatic carbocycles. The second-order valence-corrected chi connectivity index (χ2v) is 4.44. The summed E-state index contributed by atoms with van der Waals surface area (Å²) >= 11 is 0. The highest BCUT2D eigenvalue weighted by Gasteiger charge is 2.22. The summed E-state index contributed by atoms with van der Waals surface area (Å²) in [6.45, 7) is 3.06. The van der Waals surface area contributed by atoms with Crippen LogP contribution in [0.5, 0.6) is 0 Å². The van der Waals surface area contributed by atoms with Crippen LogP contribution >= 0.6 is 0 Å². The van der Waals surface area contributed by atoms with Crippen molar-refractivity contribution >= 4 is 5.91 Å². The average Bonchev–Trinajstić information content (AvgIpc) is 2.60. The normalized spacial score (nSPS) is 29.3. The fourth-order valence-corrected chi connectivity index (χ4v) is 2.41. The van der Waals surface area contributed by atoms with Crippen LogP contribution < -0.4 is 5.32 Å². The molecule has 0 aromatic heterocycles.